The predicted molar refractivity (Wildman–Crippen MR) is 85.3 cm³/mol. The molecule has 1 aromatic carbocycles. The Balaban J connectivity index is 2.09. The maximum atomic E-state index is 5.49. The summed E-state index contributed by atoms with van der Waals surface area (Å²) in [7, 11) is 0. The fourth-order valence-corrected chi connectivity index (χ4v) is 2.80. The predicted octanol–water partition coefficient (Wildman–Crippen LogP) is 2.69. The number of aryl methyl sites for hydroxylation is 1. The molecule has 0 spiro atoms. The summed E-state index contributed by atoms with van der Waals surface area (Å²) in [6, 6.07) is 10.2. The molecule has 0 saturated carbocycles. The summed E-state index contributed by atoms with van der Waals surface area (Å²) in [4.78, 5) is 8.59. The Hall–Kier alpha value is -3.13. The van der Waals surface area contributed by atoms with Crippen LogP contribution >= 0.6 is 0 Å². The van der Waals surface area contributed by atoms with Crippen molar-refractivity contribution < 1.29 is 0 Å². The van der Waals surface area contributed by atoms with Crippen LogP contribution in [0.3, 0.4) is 0 Å². The second-order valence-electron chi connectivity index (χ2n) is 5.15. The lowest BCUT2D eigenvalue weighted by molar-refractivity contribution is 0.883. The van der Waals surface area contributed by atoms with Crippen LogP contribution in [-0.2, 0) is 6.54 Å². The number of benzene rings is 1. The monoisotopic (exact) mass is 287 g/mol. The molecule has 3 aromatic heterocycles. The lowest BCUT2D eigenvalue weighted by atomic mass is 10.1. The minimum atomic E-state index is 0.533. The third-order valence-corrected chi connectivity index (χ3v) is 3.71. The number of hydrogen-bond acceptors (Lipinski definition) is 3. The van der Waals surface area contributed by atoms with Crippen molar-refractivity contribution in [2.24, 2.45) is 0 Å². The van der Waals surface area contributed by atoms with Gasteiger partial charge in [0.1, 0.15) is 6.33 Å². The van der Waals surface area contributed by atoms with Crippen LogP contribution in [0.2, 0.25) is 0 Å². The smallest absolute Gasteiger partial charge is 0.252 e. The number of aromatic nitrogens is 5. The maximum absolute atomic E-state index is 5.49. The van der Waals surface area contributed by atoms with Crippen molar-refractivity contribution >= 4 is 16.7 Å². The van der Waals surface area contributed by atoms with E-state index in [0.29, 0.717) is 12.3 Å². The fourth-order valence-electron chi connectivity index (χ4n) is 2.80. The van der Waals surface area contributed by atoms with Crippen molar-refractivity contribution in [3.63, 3.8) is 0 Å². The van der Waals surface area contributed by atoms with Crippen molar-refractivity contribution in [1.82, 2.24) is 24.1 Å². The zero-order valence-corrected chi connectivity index (χ0v) is 12.1. The van der Waals surface area contributed by atoms with Crippen molar-refractivity contribution in [2.75, 3.05) is 0 Å². The first kappa shape index (κ1) is 12.6. The number of para-hydroxylation sites is 1. The highest BCUT2D eigenvalue weighted by Gasteiger charge is 2.14. The molecule has 3 heterocycles. The Morgan fingerprint density at radius 2 is 2.14 bits per heavy atom. The van der Waals surface area contributed by atoms with Gasteiger partial charge in [0, 0.05) is 28.4 Å². The SMILES string of the molecule is C#CCn1cc(-c2cc(C)nc3ncnn23)c2ccccc21. The second-order valence-corrected chi connectivity index (χ2v) is 5.15. The molecule has 4 aromatic rings. The van der Waals surface area contributed by atoms with Gasteiger partial charge in [0.05, 0.1) is 12.2 Å². The first-order valence-corrected chi connectivity index (χ1v) is 6.97. The first-order chi connectivity index (χ1) is 10.8. The van der Waals surface area contributed by atoms with E-state index >= 15 is 0 Å². The summed E-state index contributed by atoms with van der Waals surface area (Å²) in [5.41, 5.74) is 4.06. The van der Waals surface area contributed by atoms with Crippen LogP contribution < -0.4 is 0 Å². The van der Waals surface area contributed by atoms with Crippen LogP contribution in [-0.4, -0.2) is 24.1 Å². The molecule has 22 heavy (non-hydrogen) atoms. The maximum Gasteiger partial charge on any atom is 0.252 e. The molecule has 0 unspecified atom stereocenters. The molecule has 0 saturated heterocycles. The van der Waals surface area contributed by atoms with Gasteiger partial charge in [-0.05, 0) is 19.1 Å². The lowest BCUT2D eigenvalue weighted by Gasteiger charge is -2.04. The Labute approximate surface area is 127 Å². The highest BCUT2D eigenvalue weighted by molar-refractivity contribution is 5.95. The summed E-state index contributed by atoms with van der Waals surface area (Å²) in [6.45, 7) is 2.49. The van der Waals surface area contributed by atoms with E-state index < -0.39 is 0 Å². The van der Waals surface area contributed by atoms with E-state index in [2.05, 4.69) is 43.9 Å². The van der Waals surface area contributed by atoms with Gasteiger partial charge in [-0.2, -0.15) is 14.6 Å². The molecule has 0 aliphatic rings. The molecule has 5 nitrogen and oxygen atoms in total. The summed E-state index contributed by atoms with van der Waals surface area (Å²) < 4.78 is 3.83. The van der Waals surface area contributed by atoms with Crippen LogP contribution in [0.25, 0.3) is 27.9 Å². The Morgan fingerprint density at radius 1 is 1.27 bits per heavy atom. The normalized spacial score (nSPS) is 11.1. The van der Waals surface area contributed by atoms with Gasteiger partial charge in [-0.25, -0.2) is 4.98 Å². The summed E-state index contributed by atoms with van der Waals surface area (Å²) in [6.07, 6.45) is 9.08. The second kappa shape index (κ2) is 4.71. The molecule has 0 atom stereocenters. The summed E-state index contributed by atoms with van der Waals surface area (Å²) in [5.74, 6) is 3.30. The van der Waals surface area contributed by atoms with Gasteiger partial charge in [0.25, 0.3) is 5.78 Å². The molecule has 0 aliphatic heterocycles. The van der Waals surface area contributed by atoms with Gasteiger partial charge in [0.2, 0.25) is 0 Å². The molecule has 0 radical (unpaired) electrons. The zero-order valence-electron chi connectivity index (χ0n) is 12.1. The van der Waals surface area contributed by atoms with E-state index in [1.807, 2.05) is 25.1 Å². The highest BCUT2D eigenvalue weighted by Crippen LogP contribution is 2.30. The van der Waals surface area contributed by atoms with Crippen molar-refractivity contribution in [3.8, 4) is 23.6 Å². The molecule has 106 valence electrons. The third kappa shape index (κ3) is 1.78. The molecular formula is C17H13N5. The van der Waals surface area contributed by atoms with Crippen molar-refractivity contribution in [3.05, 3.63) is 48.5 Å². The van der Waals surface area contributed by atoms with E-state index in [1.54, 1.807) is 4.52 Å². The average molecular weight is 287 g/mol. The van der Waals surface area contributed by atoms with E-state index in [-0.39, 0.29) is 0 Å². The van der Waals surface area contributed by atoms with Crippen molar-refractivity contribution in [2.45, 2.75) is 13.5 Å². The number of nitrogens with zero attached hydrogens (tertiary/aromatic N) is 5. The van der Waals surface area contributed by atoms with E-state index in [0.717, 1.165) is 27.9 Å². The van der Waals surface area contributed by atoms with Gasteiger partial charge in [0.15, 0.2) is 0 Å². The quantitative estimate of drug-likeness (QED) is 0.533. The summed E-state index contributed by atoms with van der Waals surface area (Å²) in [5, 5.41) is 5.43. The molecular weight excluding hydrogens is 274 g/mol. The fraction of sp³-hybridized carbons (Fsp3) is 0.118. The van der Waals surface area contributed by atoms with E-state index in [4.69, 9.17) is 6.42 Å². The minimum absolute atomic E-state index is 0.533. The molecule has 0 aliphatic carbocycles. The van der Waals surface area contributed by atoms with Crippen LogP contribution in [0.1, 0.15) is 5.69 Å². The Bertz CT molecular complexity index is 1030. The molecule has 0 bridgehead atoms. The van der Waals surface area contributed by atoms with E-state index in [1.165, 1.54) is 6.33 Å². The van der Waals surface area contributed by atoms with Crippen molar-refractivity contribution in [1.29, 1.82) is 0 Å². The van der Waals surface area contributed by atoms with Crippen LogP contribution in [0.4, 0.5) is 0 Å². The molecule has 5 heteroatoms. The Morgan fingerprint density at radius 3 is 3.00 bits per heavy atom. The van der Waals surface area contributed by atoms with E-state index in [9.17, 15) is 0 Å². The van der Waals surface area contributed by atoms with Gasteiger partial charge < -0.3 is 4.57 Å². The first-order valence-electron chi connectivity index (χ1n) is 6.97. The molecule has 0 fully saturated rings. The molecule has 4 rings (SSSR count). The number of hydrogen-bond donors (Lipinski definition) is 0. The standard InChI is InChI=1S/C17H13N5/c1-3-8-21-10-14(13-6-4-5-7-15(13)21)16-9-12(2)20-17-18-11-19-22(16)17/h1,4-7,9-11H,8H2,2H3. The zero-order chi connectivity index (χ0) is 15.1. The number of terminal acetylenes is 1. The number of fused-ring (bicyclic) bond motifs is 2. The third-order valence-electron chi connectivity index (χ3n) is 3.71. The van der Waals surface area contributed by atoms with Crippen LogP contribution in [0.5, 0.6) is 0 Å². The minimum Gasteiger partial charge on any atom is -0.335 e. The van der Waals surface area contributed by atoms with Gasteiger partial charge in [-0.1, -0.05) is 24.1 Å². The Kier molecular flexibility index (Phi) is 2.70. The van der Waals surface area contributed by atoms with Gasteiger partial charge >= 0.3 is 0 Å². The lowest BCUT2D eigenvalue weighted by Crippen LogP contribution is -1.98. The highest BCUT2D eigenvalue weighted by atomic mass is 15.3. The molecule has 0 amide bonds. The number of rotatable bonds is 2. The van der Waals surface area contributed by atoms with Crippen LogP contribution in [0.15, 0.2) is 42.9 Å². The van der Waals surface area contributed by atoms with Gasteiger partial charge in [-0.3, -0.25) is 0 Å². The largest absolute Gasteiger partial charge is 0.335 e. The van der Waals surface area contributed by atoms with Gasteiger partial charge in [-0.15, -0.1) is 6.42 Å². The average Bonchev–Trinajstić information content (AvgIpc) is 3.12. The topological polar surface area (TPSA) is 48.0 Å². The molecule has 0 N–H and O–H groups in total. The van der Waals surface area contributed by atoms with Crippen LogP contribution in [0, 0.1) is 19.3 Å². The summed E-state index contributed by atoms with van der Waals surface area (Å²) >= 11 is 0.